The molecule has 122 valence electrons. The monoisotopic (exact) mass is 314 g/mol. The molecule has 0 saturated heterocycles. The number of nitrogens with one attached hydrogen (secondary N) is 2. The first kappa shape index (κ1) is 17.0. The summed E-state index contributed by atoms with van der Waals surface area (Å²) in [6.45, 7) is 3.14. The highest BCUT2D eigenvalue weighted by Crippen LogP contribution is 2.15. The van der Waals surface area contributed by atoms with Gasteiger partial charge < -0.3 is 10.6 Å². The van der Waals surface area contributed by atoms with E-state index in [0.717, 1.165) is 12.1 Å². The number of aryl methyl sites for hydroxylation is 1. The fourth-order valence-corrected chi connectivity index (χ4v) is 2.44. The van der Waals surface area contributed by atoms with Gasteiger partial charge in [-0.3, -0.25) is 4.79 Å². The van der Waals surface area contributed by atoms with Crippen LogP contribution in [0.15, 0.2) is 48.5 Å². The van der Waals surface area contributed by atoms with Gasteiger partial charge in [0.15, 0.2) is 0 Å². The highest BCUT2D eigenvalue weighted by atomic mass is 19.1. The van der Waals surface area contributed by atoms with Crippen LogP contribution in [-0.2, 0) is 17.6 Å². The van der Waals surface area contributed by atoms with Crippen LogP contribution in [0.2, 0.25) is 0 Å². The number of halogens is 1. The molecule has 2 aromatic rings. The zero-order valence-corrected chi connectivity index (χ0v) is 13.4. The summed E-state index contributed by atoms with van der Waals surface area (Å²) in [4.78, 5) is 11.8. The van der Waals surface area contributed by atoms with E-state index in [1.165, 1.54) is 11.6 Å². The lowest BCUT2D eigenvalue weighted by Gasteiger charge is -2.11. The van der Waals surface area contributed by atoms with Crippen molar-refractivity contribution < 1.29 is 9.18 Å². The maximum absolute atomic E-state index is 13.5. The molecule has 1 amide bonds. The lowest BCUT2D eigenvalue weighted by Crippen LogP contribution is -2.27. The third kappa shape index (κ3) is 5.40. The van der Waals surface area contributed by atoms with Gasteiger partial charge in [-0.15, -0.1) is 0 Å². The number of carbonyl (C=O) groups is 1. The molecule has 0 atom stereocenters. The quantitative estimate of drug-likeness (QED) is 0.782. The standard InChI is InChI=1S/C19H23FN2O/c1-2-15-7-4-6-10-18(15)21-14-12-19(23)22-13-11-16-8-3-5-9-17(16)20/h3-10,21H,2,11-14H2,1H3,(H,22,23). The van der Waals surface area contributed by atoms with Gasteiger partial charge in [0.2, 0.25) is 5.91 Å². The molecule has 2 rings (SSSR count). The molecule has 0 spiro atoms. The van der Waals surface area contributed by atoms with Crippen LogP contribution in [0, 0.1) is 5.82 Å². The Morgan fingerprint density at radius 1 is 1.00 bits per heavy atom. The third-order valence-electron chi connectivity index (χ3n) is 3.74. The zero-order chi connectivity index (χ0) is 16.5. The van der Waals surface area contributed by atoms with Crippen LogP contribution in [0.4, 0.5) is 10.1 Å². The van der Waals surface area contributed by atoms with Gasteiger partial charge in [-0.1, -0.05) is 43.3 Å². The molecule has 0 unspecified atom stereocenters. The second-order valence-electron chi connectivity index (χ2n) is 5.38. The van der Waals surface area contributed by atoms with Crippen molar-refractivity contribution in [2.75, 3.05) is 18.4 Å². The van der Waals surface area contributed by atoms with Crippen LogP contribution < -0.4 is 10.6 Å². The van der Waals surface area contributed by atoms with E-state index in [-0.39, 0.29) is 11.7 Å². The number of hydrogen-bond donors (Lipinski definition) is 2. The van der Waals surface area contributed by atoms with E-state index >= 15 is 0 Å². The average molecular weight is 314 g/mol. The second-order valence-corrected chi connectivity index (χ2v) is 5.38. The summed E-state index contributed by atoms with van der Waals surface area (Å²) in [6.07, 6.45) is 1.86. The number of anilines is 1. The van der Waals surface area contributed by atoms with E-state index < -0.39 is 0 Å². The molecule has 4 heteroatoms. The molecule has 0 aromatic heterocycles. The molecule has 0 saturated carbocycles. The minimum atomic E-state index is -0.223. The Bertz CT molecular complexity index is 643. The lowest BCUT2D eigenvalue weighted by molar-refractivity contribution is -0.120. The molecule has 2 aromatic carbocycles. The summed E-state index contributed by atoms with van der Waals surface area (Å²) in [5.41, 5.74) is 2.95. The molecule has 0 fully saturated rings. The minimum absolute atomic E-state index is 0.0252. The Hall–Kier alpha value is -2.36. The fourth-order valence-electron chi connectivity index (χ4n) is 2.44. The van der Waals surface area contributed by atoms with Crippen molar-refractivity contribution in [1.29, 1.82) is 0 Å². The second kappa shape index (κ2) is 8.93. The Morgan fingerprint density at radius 3 is 2.43 bits per heavy atom. The molecule has 2 N–H and O–H groups in total. The molecular formula is C19H23FN2O. The molecule has 0 aliphatic carbocycles. The van der Waals surface area contributed by atoms with Gasteiger partial charge in [0.05, 0.1) is 0 Å². The summed E-state index contributed by atoms with van der Waals surface area (Å²) in [5, 5.41) is 6.12. The first-order valence-electron chi connectivity index (χ1n) is 8.02. The van der Waals surface area contributed by atoms with Crippen LogP contribution in [0.3, 0.4) is 0 Å². The number of hydrogen-bond acceptors (Lipinski definition) is 2. The van der Waals surface area contributed by atoms with Crippen molar-refractivity contribution in [2.45, 2.75) is 26.2 Å². The van der Waals surface area contributed by atoms with Crippen molar-refractivity contribution in [3.8, 4) is 0 Å². The molecule has 0 aliphatic rings. The van der Waals surface area contributed by atoms with Crippen molar-refractivity contribution in [3.05, 3.63) is 65.5 Å². The van der Waals surface area contributed by atoms with Crippen LogP contribution in [0.25, 0.3) is 0 Å². The summed E-state index contributed by atoms with van der Waals surface area (Å²) in [7, 11) is 0. The number of amides is 1. The maximum atomic E-state index is 13.5. The highest BCUT2D eigenvalue weighted by molar-refractivity contribution is 5.76. The summed E-state index contributed by atoms with van der Waals surface area (Å²) in [5.74, 6) is -0.248. The molecular weight excluding hydrogens is 291 g/mol. The predicted octanol–water partition coefficient (Wildman–Crippen LogP) is 3.55. The number of carbonyl (C=O) groups excluding carboxylic acids is 1. The largest absolute Gasteiger partial charge is 0.384 e. The van der Waals surface area contributed by atoms with Gasteiger partial charge in [0, 0.05) is 25.2 Å². The Balaban J connectivity index is 1.68. The third-order valence-corrected chi connectivity index (χ3v) is 3.74. The van der Waals surface area contributed by atoms with E-state index in [9.17, 15) is 9.18 Å². The molecule has 0 bridgehead atoms. The number of rotatable bonds is 8. The highest BCUT2D eigenvalue weighted by Gasteiger charge is 2.04. The zero-order valence-electron chi connectivity index (χ0n) is 13.4. The Labute approximate surface area is 136 Å². The topological polar surface area (TPSA) is 41.1 Å². The smallest absolute Gasteiger partial charge is 0.221 e. The van der Waals surface area contributed by atoms with E-state index in [2.05, 4.69) is 23.6 Å². The fraction of sp³-hybridized carbons (Fsp3) is 0.316. The van der Waals surface area contributed by atoms with Gasteiger partial charge in [-0.05, 0) is 36.1 Å². The van der Waals surface area contributed by atoms with Crippen molar-refractivity contribution in [2.24, 2.45) is 0 Å². The van der Waals surface area contributed by atoms with Gasteiger partial charge in [0.25, 0.3) is 0 Å². The Kier molecular flexibility index (Phi) is 6.60. The number of benzene rings is 2. The molecule has 3 nitrogen and oxygen atoms in total. The molecule has 0 aliphatic heterocycles. The van der Waals surface area contributed by atoms with Crippen molar-refractivity contribution >= 4 is 11.6 Å². The Morgan fingerprint density at radius 2 is 1.70 bits per heavy atom. The van der Waals surface area contributed by atoms with E-state index in [4.69, 9.17) is 0 Å². The van der Waals surface area contributed by atoms with Crippen LogP contribution in [0.5, 0.6) is 0 Å². The normalized spacial score (nSPS) is 10.3. The summed E-state index contributed by atoms with van der Waals surface area (Å²) >= 11 is 0. The summed E-state index contributed by atoms with van der Waals surface area (Å²) in [6, 6.07) is 14.7. The molecule has 0 radical (unpaired) electrons. The first-order valence-corrected chi connectivity index (χ1v) is 8.02. The van der Waals surface area contributed by atoms with Crippen LogP contribution in [0.1, 0.15) is 24.5 Å². The van der Waals surface area contributed by atoms with Gasteiger partial charge in [0.1, 0.15) is 5.82 Å². The molecule has 23 heavy (non-hydrogen) atoms. The lowest BCUT2D eigenvalue weighted by atomic mass is 10.1. The predicted molar refractivity (Wildman–Crippen MR) is 92.0 cm³/mol. The van der Waals surface area contributed by atoms with Gasteiger partial charge >= 0.3 is 0 Å². The van der Waals surface area contributed by atoms with Crippen LogP contribution >= 0.6 is 0 Å². The van der Waals surface area contributed by atoms with Crippen molar-refractivity contribution in [1.82, 2.24) is 5.32 Å². The van der Waals surface area contributed by atoms with Crippen LogP contribution in [-0.4, -0.2) is 19.0 Å². The maximum Gasteiger partial charge on any atom is 0.221 e. The van der Waals surface area contributed by atoms with E-state index in [1.54, 1.807) is 18.2 Å². The minimum Gasteiger partial charge on any atom is -0.384 e. The first-order chi connectivity index (χ1) is 11.2. The number of para-hydroxylation sites is 1. The van der Waals surface area contributed by atoms with E-state index in [0.29, 0.717) is 31.5 Å². The molecule has 0 heterocycles. The van der Waals surface area contributed by atoms with Crippen molar-refractivity contribution in [3.63, 3.8) is 0 Å². The van der Waals surface area contributed by atoms with E-state index in [1.807, 2.05) is 18.2 Å². The average Bonchev–Trinajstić information content (AvgIpc) is 2.57. The summed E-state index contributed by atoms with van der Waals surface area (Å²) < 4.78 is 13.5. The van der Waals surface area contributed by atoms with Gasteiger partial charge in [-0.2, -0.15) is 0 Å². The van der Waals surface area contributed by atoms with Gasteiger partial charge in [-0.25, -0.2) is 4.39 Å². The SMILES string of the molecule is CCc1ccccc1NCCC(=O)NCCc1ccccc1F.